The molecule has 8 heteroatoms. The molecule has 1 unspecified atom stereocenters. The molecule has 194 valence electrons. The smallest absolute Gasteiger partial charge is 0.121 e. The number of halogens is 2. The van der Waals surface area contributed by atoms with Gasteiger partial charge in [-0.3, -0.25) is 9.58 Å². The van der Waals surface area contributed by atoms with E-state index in [1.54, 1.807) is 18.2 Å². The van der Waals surface area contributed by atoms with Crippen molar-refractivity contribution in [1.82, 2.24) is 14.7 Å². The fourth-order valence-corrected chi connectivity index (χ4v) is 4.91. The summed E-state index contributed by atoms with van der Waals surface area (Å²) in [6, 6.07) is 15.6. The Kier molecular flexibility index (Phi) is 9.18. The monoisotopic (exact) mass is 531 g/mol. The van der Waals surface area contributed by atoms with Crippen LogP contribution in [0.25, 0.3) is 0 Å². The number of benzene rings is 2. The standard InChI is InChI=1S/C28H35Cl2N3O3/c1-21-16-22(2)33(31-21)13-5-15-35-24-7-3-6-23(17-24)19-32-12-4-10-28(34,11-14-32)20-36-25-8-9-26(29)27(30)18-25/h3,6-9,16-18,34H,4-5,10-15,19-20H2,1-2H3. The number of ether oxygens (including phenoxy) is 2. The predicted octanol–water partition coefficient (Wildman–Crippen LogP) is 6.07. The van der Waals surface area contributed by atoms with Gasteiger partial charge in [0, 0.05) is 37.8 Å². The number of aryl methyl sites for hydroxylation is 3. The minimum absolute atomic E-state index is 0.236. The lowest BCUT2D eigenvalue weighted by atomic mass is 9.96. The topological polar surface area (TPSA) is 59.8 Å². The van der Waals surface area contributed by atoms with E-state index in [2.05, 4.69) is 35.1 Å². The van der Waals surface area contributed by atoms with Crippen LogP contribution in [-0.2, 0) is 13.1 Å². The van der Waals surface area contributed by atoms with Crippen LogP contribution in [0.2, 0.25) is 10.0 Å². The van der Waals surface area contributed by atoms with Crippen molar-refractivity contribution in [2.75, 3.05) is 26.3 Å². The molecule has 1 fully saturated rings. The molecule has 2 heterocycles. The van der Waals surface area contributed by atoms with Crippen molar-refractivity contribution in [3.05, 3.63) is 75.5 Å². The predicted molar refractivity (Wildman–Crippen MR) is 144 cm³/mol. The molecule has 2 aromatic carbocycles. The quantitative estimate of drug-likeness (QED) is 0.321. The minimum atomic E-state index is -0.864. The molecule has 0 radical (unpaired) electrons. The molecule has 1 aromatic heterocycles. The summed E-state index contributed by atoms with van der Waals surface area (Å²) in [5, 5.41) is 16.6. The number of hydrogen-bond acceptors (Lipinski definition) is 5. The van der Waals surface area contributed by atoms with Crippen molar-refractivity contribution in [2.24, 2.45) is 0 Å². The number of nitrogens with zero attached hydrogens (tertiary/aromatic N) is 3. The third-order valence-electron chi connectivity index (χ3n) is 6.60. The van der Waals surface area contributed by atoms with Crippen molar-refractivity contribution < 1.29 is 14.6 Å². The van der Waals surface area contributed by atoms with Gasteiger partial charge in [0.15, 0.2) is 0 Å². The lowest BCUT2D eigenvalue weighted by molar-refractivity contribution is -0.0168. The first kappa shape index (κ1) is 26.8. The molecule has 36 heavy (non-hydrogen) atoms. The Balaban J connectivity index is 1.23. The van der Waals surface area contributed by atoms with Gasteiger partial charge in [0.1, 0.15) is 18.1 Å². The highest BCUT2D eigenvalue weighted by Crippen LogP contribution is 2.29. The Morgan fingerprint density at radius 3 is 2.58 bits per heavy atom. The molecule has 4 rings (SSSR count). The third kappa shape index (κ3) is 7.62. The number of aromatic nitrogens is 2. The van der Waals surface area contributed by atoms with Crippen molar-refractivity contribution in [1.29, 1.82) is 0 Å². The summed E-state index contributed by atoms with van der Waals surface area (Å²) in [6.45, 7) is 8.39. The molecule has 0 spiro atoms. The number of rotatable bonds is 10. The van der Waals surface area contributed by atoms with Gasteiger partial charge < -0.3 is 14.6 Å². The molecule has 6 nitrogen and oxygen atoms in total. The van der Waals surface area contributed by atoms with Crippen LogP contribution in [0, 0.1) is 13.8 Å². The van der Waals surface area contributed by atoms with Crippen molar-refractivity contribution in [2.45, 2.75) is 58.2 Å². The second-order valence-corrected chi connectivity index (χ2v) is 10.5. The second-order valence-electron chi connectivity index (χ2n) is 9.72. The summed E-state index contributed by atoms with van der Waals surface area (Å²) in [6.07, 6.45) is 3.16. The summed E-state index contributed by atoms with van der Waals surface area (Å²) in [5.74, 6) is 1.51. The molecule has 0 aliphatic carbocycles. The lowest BCUT2D eigenvalue weighted by Crippen LogP contribution is -2.37. The van der Waals surface area contributed by atoms with E-state index in [-0.39, 0.29) is 6.61 Å². The zero-order valence-corrected chi connectivity index (χ0v) is 22.6. The minimum Gasteiger partial charge on any atom is -0.494 e. The van der Waals surface area contributed by atoms with Crippen LogP contribution in [0.15, 0.2) is 48.5 Å². The summed E-state index contributed by atoms with van der Waals surface area (Å²) in [7, 11) is 0. The third-order valence-corrected chi connectivity index (χ3v) is 7.34. The van der Waals surface area contributed by atoms with Crippen LogP contribution >= 0.6 is 23.2 Å². The van der Waals surface area contributed by atoms with E-state index < -0.39 is 5.60 Å². The molecule has 1 aliphatic heterocycles. The maximum atomic E-state index is 11.1. The van der Waals surface area contributed by atoms with Gasteiger partial charge in [-0.25, -0.2) is 0 Å². The van der Waals surface area contributed by atoms with Crippen LogP contribution in [0.1, 0.15) is 42.6 Å². The average molecular weight is 533 g/mol. The van der Waals surface area contributed by atoms with Gasteiger partial charge in [-0.2, -0.15) is 5.10 Å². The van der Waals surface area contributed by atoms with E-state index >= 15 is 0 Å². The van der Waals surface area contributed by atoms with Gasteiger partial charge in [0.2, 0.25) is 0 Å². The van der Waals surface area contributed by atoms with Gasteiger partial charge in [0.25, 0.3) is 0 Å². The molecule has 1 N–H and O–H groups in total. The van der Waals surface area contributed by atoms with Crippen molar-refractivity contribution >= 4 is 23.2 Å². The summed E-state index contributed by atoms with van der Waals surface area (Å²) >= 11 is 12.1. The summed E-state index contributed by atoms with van der Waals surface area (Å²) in [4.78, 5) is 2.39. The van der Waals surface area contributed by atoms with E-state index in [1.165, 1.54) is 11.3 Å². The van der Waals surface area contributed by atoms with Gasteiger partial charge in [0.05, 0.1) is 27.9 Å². The Morgan fingerprint density at radius 2 is 1.81 bits per heavy atom. The first-order valence-corrected chi connectivity index (χ1v) is 13.3. The number of hydrogen-bond donors (Lipinski definition) is 1. The number of aliphatic hydroxyl groups is 1. The van der Waals surface area contributed by atoms with Crippen molar-refractivity contribution in [3.8, 4) is 11.5 Å². The zero-order chi connectivity index (χ0) is 25.5. The molecule has 1 atom stereocenters. The number of likely N-dealkylation sites (tertiary alicyclic amines) is 1. The van der Waals surface area contributed by atoms with Gasteiger partial charge >= 0.3 is 0 Å². The Labute approximate surface area is 223 Å². The SMILES string of the molecule is Cc1cc(C)n(CCCOc2cccc(CN3CCCC(O)(COc4ccc(Cl)c(Cl)c4)CC3)c2)n1. The largest absolute Gasteiger partial charge is 0.494 e. The molecule has 1 saturated heterocycles. The van der Waals surface area contributed by atoms with Crippen LogP contribution < -0.4 is 9.47 Å². The zero-order valence-electron chi connectivity index (χ0n) is 21.1. The normalized spacial score (nSPS) is 18.7. The van der Waals surface area contributed by atoms with Gasteiger partial charge in [-0.15, -0.1) is 0 Å². The second kappa shape index (κ2) is 12.3. The fraction of sp³-hybridized carbons (Fsp3) is 0.464. The Morgan fingerprint density at radius 1 is 0.972 bits per heavy atom. The van der Waals surface area contributed by atoms with Crippen LogP contribution in [-0.4, -0.2) is 51.7 Å². The molecule has 0 amide bonds. The maximum absolute atomic E-state index is 11.1. The molecule has 0 saturated carbocycles. The van der Waals surface area contributed by atoms with Crippen LogP contribution in [0.5, 0.6) is 11.5 Å². The Hall–Kier alpha value is -2.25. The first-order valence-electron chi connectivity index (χ1n) is 12.6. The highest BCUT2D eigenvalue weighted by atomic mass is 35.5. The van der Waals surface area contributed by atoms with E-state index in [0.717, 1.165) is 50.5 Å². The average Bonchev–Trinajstić information content (AvgIpc) is 3.05. The lowest BCUT2D eigenvalue weighted by Gasteiger charge is -2.27. The van der Waals surface area contributed by atoms with Crippen LogP contribution in [0.4, 0.5) is 0 Å². The van der Waals surface area contributed by atoms with E-state index in [9.17, 15) is 5.11 Å². The molecule has 0 bridgehead atoms. The van der Waals surface area contributed by atoms with Crippen LogP contribution in [0.3, 0.4) is 0 Å². The fourth-order valence-electron chi connectivity index (χ4n) is 4.62. The van der Waals surface area contributed by atoms with Crippen molar-refractivity contribution in [3.63, 3.8) is 0 Å². The van der Waals surface area contributed by atoms with E-state index in [1.807, 2.05) is 23.7 Å². The first-order chi connectivity index (χ1) is 17.3. The Bertz CT molecular complexity index is 1150. The van der Waals surface area contributed by atoms with Gasteiger partial charge in [-0.05, 0) is 75.5 Å². The maximum Gasteiger partial charge on any atom is 0.121 e. The van der Waals surface area contributed by atoms with E-state index in [0.29, 0.717) is 35.2 Å². The highest BCUT2D eigenvalue weighted by Gasteiger charge is 2.31. The molecule has 1 aliphatic rings. The molecular weight excluding hydrogens is 497 g/mol. The summed E-state index contributed by atoms with van der Waals surface area (Å²) in [5.41, 5.74) is 2.58. The molecular formula is C28H35Cl2N3O3. The molecule has 3 aromatic rings. The van der Waals surface area contributed by atoms with Gasteiger partial charge in [-0.1, -0.05) is 35.3 Å². The van der Waals surface area contributed by atoms with E-state index in [4.69, 9.17) is 32.7 Å². The highest BCUT2D eigenvalue weighted by molar-refractivity contribution is 6.42. The summed E-state index contributed by atoms with van der Waals surface area (Å²) < 4.78 is 13.9.